The summed E-state index contributed by atoms with van der Waals surface area (Å²) in [6, 6.07) is 27.8. The van der Waals surface area contributed by atoms with E-state index in [1.54, 1.807) is 12.1 Å². The lowest BCUT2D eigenvalue weighted by molar-refractivity contribution is 0.0937. The first-order chi connectivity index (χ1) is 20.9. The van der Waals surface area contributed by atoms with Crippen LogP contribution in [-0.2, 0) is 0 Å². The molecule has 1 heterocycles. The van der Waals surface area contributed by atoms with E-state index in [4.69, 9.17) is 23.2 Å². The van der Waals surface area contributed by atoms with E-state index in [1.165, 1.54) is 5.56 Å². The average molecular weight is 615 g/mol. The number of rotatable bonds is 7. The van der Waals surface area contributed by atoms with E-state index in [0.29, 0.717) is 15.6 Å². The van der Waals surface area contributed by atoms with Crippen LogP contribution >= 0.6 is 23.2 Å². The van der Waals surface area contributed by atoms with Gasteiger partial charge in [-0.1, -0.05) is 84.6 Å². The molecule has 7 heteroatoms. The highest BCUT2D eigenvalue weighted by atomic mass is 35.5. The number of carbonyl (C=O) groups excluding carboxylic acids is 1. The molecule has 0 radical (unpaired) electrons. The van der Waals surface area contributed by atoms with Crippen LogP contribution in [0.3, 0.4) is 0 Å². The maximum Gasteiger partial charge on any atom is 0.251 e. The molecular formula is C36H37Cl2N3O2. The summed E-state index contributed by atoms with van der Waals surface area (Å²) in [4.78, 5) is 17.9. The number of benzene rings is 4. The van der Waals surface area contributed by atoms with Gasteiger partial charge in [0.25, 0.3) is 5.91 Å². The van der Waals surface area contributed by atoms with Gasteiger partial charge >= 0.3 is 0 Å². The molecule has 2 fully saturated rings. The summed E-state index contributed by atoms with van der Waals surface area (Å²) < 4.78 is 0. The molecule has 4 aromatic rings. The van der Waals surface area contributed by atoms with Crippen LogP contribution in [0.5, 0.6) is 5.75 Å². The number of aryl methyl sites for hydroxylation is 1. The smallest absolute Gasteiger partial charge is 0.251 e. The van der Waals surface area contributed by atoms with Crippen molar-refractivity contribution in [1.29, 1.82) is 0 Å². The fourth-order valence-corrected chi connectivity index (χ4v) is 6.99. The zero-order chi connectivity index (χ0) is 29.9. The maximum atomic E-state index is 13.3. The number of hydrogen-bond acceptors (Lipinski definition) is 4. The standard InChI is InChI=1S/C36H37Cl2N3O2/c1-24-8-2-5-13-29(24)25-16-17-33(42)30(23-25)35(26-9-6-10-27(22-26)36(43)39-28-11-3-4-12-28)41-20-18-40(19-21-41)32-15-7-14-31(37)34(32)38/h2,5-10,13-17,22-23,28,35,42H,3-4,11-12,18-21H2,1H3,(H,39,43). The first-order valence-corrected chi connectivity index (χ1v) is 15.9. The SMILES string of the molecule is Cc1ccccc1-c1ccc(O)c(C(c2cccc(C(=O)NC3CCCC3)c2)N2CCN(c3cccc(Cl)c3Cl)CC2)c1. The number of phenols is 1. The van der Waals surface area contributed by atoms with Crippen LogP contribution in [0, 0.1) is 6.92 Å². The second-order valence-corrected chi connectivity index (χ2v) is 12.5. The second-order valence-electron chi connectivity index (χ2n) is 11.7. The van der Waals surface area contributed by atoms with Gasteiger partial charge in [0.2, 0.25) is 0 Å². The van der Waals surface area contributed by atoms with Gasteiger partial charge in [0.1, 0.15) is 5.75 Å². The van der Waals surface area contributed by atoms with Crippen LogP contribution < -0.4 is 10.2 Å². The van der Waals surface area contributed by atoms with Gasteiger partial charge in [-0.2, -0.15) is 0 Å². The summed E-state index contributed by atoms with van der Waals surface area (Å²) in [6.07, 6.45) is 4.40. The van der Waals surface area contributed by atoms with Crippen molar-refractivity contribution >= 4 is 34.8 Å². The normalized spacial score (nSPS) is 16.8. The lowest BCUT2D eigenvalue weighted by Crippen LogP contribution is -2.48. The Bertz CT molecular complexity index is 1610. The van der Waals surface area contributed by atoms with Crippen molar-refractivity contribution in [2.24, 2.45) is 0 Å². The topological polar surface area (TPSA) is 55.8 Å². The van der Waals surface area contributed by atoms with Crippen LogP contribution in [0.4, 0.5) is 5.69 Å². The zero-order valence-electron chi connectivity index (χ0n) is 24.4. The van der Waals surface area contributed by atoms with Crippen molar-refractivity contribution in [3.05, 3.63) is 117 Å². The van der Waals surface area contributed by atoms with E-state index < -0.39 is 0 Å². The summed E-state index contributed by atoms with van der Waals surface area (Å²) in [5.41, 5.74) is 6.73. The van der Waals surface area contributed by atoms with Crippen molar-refractivity contribution < 1.29 is 9.90 Å². The Labute approximate surface area is 264 Å². The number of nitrogens with one attached hydrogen (secondary N) is 1. The number of carbonyl (C=O) groups is 1. The Hall–Kier alpha value is -3.51. The number of piperazine rings is 1. The van der Waals surface area contributed by atoms with Gasteiger partial charge in [-0.3, -0.25) is 9.69 Å². The van der Waals surface area contributed by atoms with E-state index in [0.717, 1.165) is 79.8 Å². The number of amides is 1. The lowest BCUT2D eigenvalue weighted by Gasteiger charge is -2.41. The third kappa shape index (κ3) is 6.40. The van der Waals surface area contributed by atoms with Crippen LogP contribution in [0.1, 0.15) is 58.8 Å². The second kappa shape index (κ2) is 13.0. The van der Waals surface area contributed by atoms with Gasteiger partial charge in [-0.25, -0.2) is 0 Å². The van der Waals surface area contributed by atoms with Crippen molar-refractivity contribution in [3.8, 4) is 16.9 Å². The lowest BCUT2D eigenvalue weighted by atomic mass is 9.90. The average Bonchev–Trinajstić information content (AvgIpc) is 3.54. The molecule has 5 nitrogen and oxygen atoms in total. The van der Waals surface area contributed by atoms with E-state index in [1.807, 2.05) is 48.5 Å². The van der Waals surface area contributed by atoms with Crippen molar-refractivity contribution in [2.45, 2.75) is 44.7 Å². The minimum atomic E-state index is -0.250. The quantitative estimate of drug-likeness (QED) is 0.220. The Morgan fingerprint density at radius 1 is 0.884 bits per heavy atom. The molecule has 1 aliphatic carbocycles. The summed E-state index contributed by atoms with van der Waals surface area (Å²) >= 11 is 12.9. The molecule has 0 aromatic heterocycles. The minimum Gasteiger partial charge on any atom is -0.508 e. The molecule has 6 rings (SSSR count). The Kier molecular flexibility index (Phi) is 8.94. The van der Waals surface area contributed by atoms with E-state index in [-0.39, 0.29) is 23.7 Å². The molecule has 1 saturated heterocycles. The van der Waals surface area contributed by atoms with Gasteiger partial charge in [0.05, 0.1) is 21.8 Å². The molecule has 1 aliphatic heterocycles. The number of hydrogen-bond donors (Lipinski definition) is 2. The van der Waals surface area contributed by atoms with Crippen molar-refractivity contribution in [3.63, 3.8) is 0 Å². The Morgan fingerprint density at radius 3 is 2.40 bits per heavy atom. The molecule has 2 aliphatic rings. The van der Waals surface area contributed by atoms with Gasteiger partial charge in [-0.15, -0.1) is 0 Å². The molecule has 0 bridgehead atoms. The van der Waals surface area contributed by atoms with Crippen LogP contribution in [0.15, 0.2) is 84.9 Å². The van der Waals surface area contributed by atoms with E-state index in [2.05, 4.69) is 46.3 Å². The first kappa shape index (κ1) is 29.6. The van der Waals surface area contributed by atoms with Gasteiger partial charge in [0.15, 0.2) is 0 Å². The third-order valence-corrected chi connectivity index (χ3v) is 9.69. The number of aromatic hydroxyl groups is 1. The summed E-state index contributed by atoms with van der Waals surface area (Å²) in [5, 5.41) is 15.7. The Balaban J connectivity index is 1.36. The van der Waals surface area contributed by atoms with Crippen molar-refractivity contribution in [1.82, 2.24) is 10.2 Å². The van der Waals surface area contributed by atoms with E-state index in [9.17, 15) is 9.90 Å². The molecule has 1 unspecified atom stereocenters. The molecule has 0 spiro atoms. The maximum absolute atomic E-state index is 13.3. The molecule has 1 saturated carbocycles. The molecule has 1 atom stereocenters. The highest BCUT2D eigenvalue weighted by molar-refractivity contribution is 6.43. The van der Waals surface area contributed by atoms with Gasteiger partial charge < -0.3 is 15.3 Å². The highest BCUT2D eigenvalue weighted by Gasteiger charge is 2.30. The number of nitrogens with zero attached hydrogens (tertiary/aromatic N) is 2. The summed E-state index contributed by atoms with van der Waals surface area (Å²) in [6.45, 7) is 5.07. The molecule has 4 aromatic carbocycles. The van der Waals surface area contributed by atoms with Gasteiger partial charge in [-0.05, 0) is 78.4 Å². The predicted octanol–water partition coefficient (Wildman–Crippen LogP) is 8.26. The molecule has 2 N–H and O–H groups in total. The van der Waals surface area contributed by atoms with Crippen LogP contribution in [0.2, 0.25) is 10.0 Å². The van der Waals surface area contributed by atoms with Gasteiger partial charge in [0, 0.05) is 43.3 Å². The minimum absolute atomic E-state index is 0.0363. The Morgan fingerprint density at radius 2 is 1.63 bits per heavy atom. The first-order valence-electron chi connectivity index (χ1n) is 15.1. The highest BCUT2D eigenvalue weighted by Crippen LogP contribution is 2.39. The summed E-state index contributed by atoms with van der Waals surface area (Å²) in [7, 11) is 0. The zero-order valence-corrected chi connectivity index (χ0v) is 25.9. The fraction of sp³-hybridized carbons (Fsp3) is 0.306. The molecule has 222 valence electrons. The summed E-state index contributed by atoms with van der Waals surface area (Å²) in [5.74, 6) is 0.203. The molecular weight excluding hydrogens is 577 g/mol. The fourth-order valence-electron chi connectivity index (χ4n) is 6.57. The van der Waals surface area contributed by atoms with Crippen molar-refractivity contribution in [2.75, 3.05) is 31.1 Å². The number of halogens is 2. The predicted molar refractivity (Wildman–Crippen MR) is 177 cm³/mol. The molecule has 43 heavy (non-hydrogen) atoms. The molecule has 1 amide bonds. The third-order valence-electron chi connectivity index (χ3n) is 8.88. The monoisotopic (exact) mass is 613 g/mol. The number of phenolic OH excluding ortho intramolecular Hbond substituents is 1. The van der Waals surface area contributed by atoms with Crippen LogP contribution in [0.25, 0.3) is 11.1 Å². The number of anilines is 1. The van der Waals surface area contributed by atoms with E-state index >= 15 is 0 Å². The largest absolute Gasteiger partial charge is 0.508 e. The van der Waals surface area contributed by atoms with Crippen LogP contribution in [-0.4, -0.2) is 48.1 Å².